The van der Waals surface area contributed by atoms with E-state index in [1.807, 2.05) is 0 Å². The molecule has 0 radical (unpaired) electrons. The summed E-state index contributed by atoms with van der Waals surface area (Å²) in [5.74, 6) is 0.939. The lowest BCUT2D eigenvalue weighted by Gasteiger charge is -2.27. The lowest BCUT2D eigenvalue weighted by atomic mass is 9.87. The third kappa shape index (κ3) is 6.16. The van der Waals surface area contributed by atoms with Crippen molar-refractivity contribution in [1.82, 2.24) is 5.32 Å². The summed E-state index contributed by atoms with van der Waals surface area (Å²) in [6.45, 7) is 10.5. The van der Waals surface area contributed by atoms with Crippen LogP contribution in [0.25, 0.3) is 0 Å². The van der Waals surface area contributed by atoms with Gasteiger partial charge in [0.1, 0.15) is 0 Å². The van der Waals surface area contributed by atoms with E-state index < -0.39 is 0 Å². The maximum absolute atomic E-state index is 5.68. The Morgan fingerprint density at radius 2 is 1.73 bits per heavy atom. The lowest BCUT2D eigenvalue weighted by molar-refractivity contribution is -0.00207. The van der Waals surface area contributed by atoms with E-state index in [9.17, 15) is 0 Å². The number of rotatable bonds is 4. The molecule has 2 heteroatoms. The molecule has 0 spiro atoms. The molecule has 0 atom stereocenters. The minimum Gasteiger partial charge on any atom is -0.375 e. The third-order valence-electron chi connectivity index (χ3n) is 3.09. The first-order valence-corrected chi connectivity index (χ1v) is 6.35. The number of hydrogen-bond donors (Lipinski definition) is 1. The summed E-state index contributed by atoms with van der Waals surface area (Å²) in [6.07, 6.45) is 5.46. The van der Waals surface area contributed by atoms with Crippen LogP contribution in [0.5, 0.6) is 0 Å². The van der Waals surface area contributed by atoms with E-state index in [4.69, 9.17) is 4.74 Å². The van der Waals surface area contributed by atoms with Gasteiger partial charge in [0.25, 0.3) is 0 Å². The van der Waals surface area contributed by atoms with Crippen molar-refractivity contribution >= 4 is 0 Å². The number of nitrogens with one attached hydrogen (secondary N) is 1. The van der Waals surface area contributed by atoms with Crippen molar-refractivity contribution in [3.63, 3.8) is 0 Å². The second-order valence-electron chi connectivity index (χ2n) is 5.87. The molecule has 1 aliphatic rings. The van der Waals surface area contributed by atoms with Crippen LogP contribution < -0.4 is 5.32 Å². The number of hydrogen-bond acceptors (Lipinski definition) is 2. The molecule has 2 nitrogen and oxygen atoms in total. The molecule has 0 unspecified atom stereocenters. The van der Waals surface area contributed by atoms with Gasteiger partial charge in [-0.05, 0) is 52.4 Å². The Kier molecular flexibility index (Phi) is 5.07. The Morgan fingerprint density at radius 3 is 2.27 bits per heavy atom. The van der Waals surface area contributed by atoms with Gasteiger partial charge in [0.2, 0.25) is 0 Å². The van der Waals surface area contributed by atoms with Gasteiger partial charge in [0.15, 0.2) is 0 Å². The standard InChI is InChI=1S/C13H27NO/c1-11-5-7-12(8-6-11)14-9-10-15-13(2,3)4/h11-12,14H,5-10H2,1-4H3/t11-,12-. The van der Waals surface area contributed by atoms with Gasteiger partial charge in [0.05, 0.1) is 12.2 Å². The highest BCUT2D eigenvalue weighted by Crippen LogP contribution is 2.23. The highest BCUT2D eigenvalue weighted by molar-refractivity contribution is 4.75. The first-order valence-electron chi connectivity index (χ1n) is 6.35. The molecule has 1 N–H and O–H groups in total. The quantitative estimate of drug-likeness (QED) is 0.725. The highest BCUT2D eigenvalue weighted by Gasteiger charge is 2.17. The summed E-state index contributed by atoms with van der Waals surface area (Å²) in [7, 11) is 0. The van der Waals surface area contributed by atoms with Crippen LogP contribution in [-0.4, -0.2) is 24.8 Å². The van der Waals surface area contributed by atoms with E-state index >= 15 is 0 Å². The Morgan fingerprint density at radius 1 is 1.13 bits per heavy atom. The van der Waals surface area contributed by atoms with Gasteiger partial charge < -0.3 is 10.1 Å². The van der Waals surface area contributed by atoms with E-state index in [1.165, 1.54) is 25.7 Å². The second kappa shape index (κ2) is 5.86. The zero-order valence-corrected chi connectivity index (χ0v) is 10.8. The van der Waals surface area contributed by atoms with Crippen molar-refractivity contribution in [2.24, 2.45) is 5.92 Å². The molecule has 0 aromatic rings. The summed E-state index contributed by atoms with van der Waals surface area (Å²) in [5.41, 5.74) is 0.00274. The van der Waals surface area contributed by atoms with Crippen molar-refractivity contribution in [2.45, 2.75) is 65.0 Å². The Labute approximate surface area is 94.8 Å². The van der Waals surface area contributed by atoms with Crippen LogP contribution in [-0.2, 0) is 4.74 Å². The van der Waals surface area contributed by atoms with E-state index in [2.05, 4.69) is 33.0 Å². The molecule has 0 saturated heterocycles. The minimum atomic E-state index is 0.00274. The molecule has 0 aromatic carbocycles. The minimum absolute atomic E-state index is 0.00274. The van der Waals surface area contributed by atoms with E-state index in [0.717, 1.165) is 25.1 Å². The van der Waals surface area contributed by atoms with Crippen LogP contribution in [0.15, 0.2) is 0 Å². The van der Waals surface area contributed by atoms with Crippen molar-refractivity contribution < 1.29 is 4.74 Å². The molecule has 90 valence electrons. The van der Waals surface area contributed by atoms with Crippen LogP contribution in [0.1, 0.15) is 53.4 Å². The predicted octanol–water partition coefficient (Wildman–Crippen LogP) is 2.97. The average molecular weight is 213 g/mol. The van der Waals surface area contributed by atoms with Crippen LogP contribution in [0.4, 0.5) is 0 Å². The van der Waals surface area contributed by atoms with Crippen LogP contribution in [0.2, 0.25) is 0 Å². The fraction of sp³-hybridized carbons (Fsp3) is 1.00. The van der Waals surface area contributed by atoms with E-state index in [1.54, 1.807) is 0 Å². The topological polar surface area (TPSA) is 21.3 Å². The van der Waals surface area contributed by atoms with Crippen molar-refractivity contribution in [1.29, 1.82) is 0 Å². The first-order chi connectivity index (χ1) is 6.97. The maximum Gasteiger partial charge on any atom is 0.0599 e. The molecule has 0 amide bonds. The van der Waals surface area contributed by atoms with Crippen LogP contribution in [0, 0.1) is 5.92 Å². The maximum atomic E-state index is 5.68. The van der Waals surface area contributed by atoms with Gasteiger partial charge in [0, 0.05) is 12.6 Å². The van der Waals surface area contributed by atoms with Gasteiger partial charge in [-0.25, -0.2) is 0 Å². The molecule has 1 fully saturated rings. The van der Waals surface area contributed by atoms with E-state index in [-0.39, 0.29) is 5.60 Å². The molecule has 1 aliphatic carbocycles. The van der Waals surface area contributed by atoms with Gasteiger partial charge in [-0.15, -0.1) is 0 Å². The molecular weight excluding hydrogens is 186 g/mol. The molecule has 15 heavy (non-hydrogen) atoms. The van der Waals surface area contributed by atoms with Crippen LogP contribution in [0.3, 0.4) is 0 Å². The largest absolute Gasteiger partial charge is 0.375 e. The van der Waals surface area contributed by atoms with Crippen molar-refractivity contribution in [2.75, 3.05) is 13.2 Å². The summed E-state index contributed by atoms with van der Waals surface area (Å²) in [4.78, 5) is 0. The molecule has 1 saturated carbocycles. The number of ether oxygens (including phenoxy) is 1. The lowest BCUT2D eigenvalue weighted by Crippen LogP contribution is -2.36. The molecule has 0 aromatic heterocycles. The molecule has 1 rings (SSSR count). The van der Waals surface area contributed by atoms with Crippen molar-refractivity contribution in [3.8, 4) is 0 Å². The summed E-state index contributed by atoms with van der Waals surface area (Å²) >= 11 is 0. The molecule has 0 heterocycles. The Balaban J connectivity index is 2.01. The van der Waals surface area contributed by atoms with E-state index in [0.29, 0.717) is 0 Å². The normalized spacial score (nSPS) is 28.0. The highest BCUT2D eigenvalue weighted by atomic mass is 16.5. The fourth-order valence-corrected chi connectivity index (χ4v) is 2.08. The molecule has 0 aliphatic heterocycles. The van der Waals surface area contributed by atoms with Crippen molar-refractivity contribution in [3.05, 3.63) is 0 Å². The van der Waals surface area contributed by atoms with Gasteiger partial charge >= 0.3 is 0 Å². The van der Waals surface area contributed by atoms with Gasteiger partial charge in [-0.1, -0.05) is 6.92 Å². The SMILES string of the molecule is CC(C)(C)OCCN[C@H]1CC[C@H](C)CC1. The zero-order chi connectivity index (χ0) is 11.3. The fourth-order valence-electron chi connectivity index (χ4n) is 2.08. The zero-order valence-electron chi connectivity index (χ0n) is 10.8. The summed E-state index contributed by atoms with van der Waals surface area (Å²) < 4.78 is 5.68. The monoisotopic (exact) mass is 213 g/mol. The molecule has 0 bridgehead atoms. The second-order valence-corrected chi connectivity index (χ2v) is 5.87. The summed E-state index contributed by atoms with van der Waals surface area (Å²) in [6, 6.07) is 0.741. The van der Waals surface area contributed by atoms with Gasteiger partial charge in [-0.3, -0.25) is 0 Å². The smallest absolute Gasteiger partial charge is 0.0599 e. The first kappa shape index (κ1) is 13.0. The summed E-state index contributed by atoms with van der Waals surface area (Å²) in [5, 5.41) is 3.59. The predicted molar refractivity (Wildman–Crippen MR) is 65.1 cm³/mol. The van der Waals surface area contributed by atoms with Gasteiger partial charge in [-0.2, -0.15) is 0 Å². The average Bonchev–Trinajstić information content (AvgIpc) is 2.14. The Hall–Kier alpha value is -0.0800. The van der Waals surface area contributed by atoms with Crippen LogP contribution >= 0.6 is 0 Å². The Bertz CT molecular complexity index is 166. The third-order valence-corrected chi connectivity index (χ3v) is 3.09. The molecular formula is C13H27NO.